The minimum Gasteiger partial charge on any atom is -0.309 e. The molecule has 5 heteroatoms. The summed E-state index contributed by atoms with van der Waals surface area (Å²) >= 11 is 0. The fourth-order valence-corrected chi connectivity index (χ4v) is 8.91. The first-order valence-corrected chi connectivity index (χ1v) is 18.3. The minimum atomic E-state index is 0.561. The largest absolute Gasteiger partial charge is 0.309 e. The van der Waals surface area contributed by atoms with Crippen molar-refractivity contribution in [3.05, 3.63) is 187 Å². The molecule has 0 bridgehead atoms. The number of hydrogen-bond acceptors (Lipinski definition) is 2. The Morgan fingerprint density at radius 2 is 0.782 bits per heavy atom. The molecule has 11 aromatic rings. The van der Waals surface area contributed by atoms with Crippen molar-refractivity contribution in [2.45, 2.75) is 0 Å². The zero-order valence-electron chi connectivity index (χ0n) is 29.5. The normalized spacial score (nSPS) is 11.6. The number of benzene rings is 8. The van der Waals surface area contributed by atoms with Crippen LogP contribution in [0.2, 0.25) is 0 Å². The maximum atomic E-state index is 10.2. The van der Waals surface area contributed by atoms with Gasteiger partial charge in [-0.15, -0.1) is 0 Å². The lowest BCUT2D eigenvalue weighted by atomic mass is 9.99. The predicted molar refractivity (Wildman–Crippen MR) is 224 cm³/mol. The summed E-state index contributed by atoms with van der Waals surface area (Å²) in [4.78, 5) is 0. The fourth-order valence-electron chi connectivity index (χ4n) is 8.91. The molecular formula is C50H29N5. The van der Waals surface area contributed by atoms with Gasteiger partial charge in [-0.05, 0) is 66.7 Å². The minimum absolute atomic E-state index is 0.561. The van der Waals surface area contributed by atoms with E-state index in [-0.39, 0.29) is 0 Å². The van der Waals surface area contributed by atoms with Crippen LogP contribution in [-0.4, -0.2) is 13.7 Å². The molecule has 3 heterocycles. The van der Waals surface area contributed by atoms with Gasteiger partial charge in [0.25, 0.3) is 0 Å². The number of fused-ring (bicyclic) bond motifs is 9. The van der Waals surface area contributed by atoms with Gasteiger partial charge in [0.2, 0.25) is 0 Å². The lowest BCUT2D eigenvalue weighted by Gasteiger charge is -2.19. The molecule has 0 radical (unpaired) electrons. The molecule has 0 aliphatic heterocycles. The SMILES string of the molecule is N#Cc1ccc(-c2ccccc2-n2c3ccccc3c3c(-n4c5ccccc5c5ccccc54)cccc32)c(-n2c3ccccc3c3c(C#N)cccc32)c1. The topological polar surface area (TPSA) is 62.4 Å². The molecule has 55 heavy (non-hydrogen) atoms. The molecule has 0 N–H and O–H groups in total. The fraction of sp³-hybridized carbons (Fsp3) is 0. The highest BCUT2D eigenvalue weighted by Gasteiger charge is 2.23. The van der Waals surface area contributed by atoms with Gasteiger partial charge in [-0.2, -0.15) is 10.5 Å². The van der Waals surface area contributed by atoms with Crippen LogP contribution in [0.4, 0.5) is 0 Å². The summed E-state index contributed by atoms with van der Waals surface area (Å²) in [7, 11) is 0. The summed E-state index contributed by atoms with van der Waals surface area (Å²) in [5.74, 6) is 0. The smallest absolute Gasteiger partial charge is 0.0998 e. The van der Waals surface area contributed by atoms with Crippen LogP contribution in [0.5, 0.6) is 0 Å². The quantitative estimate of drug-likeness (QED) is 0.184. The Morgan fingerprint density at radius 3 is 1.44 bits per heavy atom. The van der Waals surface area contributed by atoms with Gasteiger partial charge in [0.1, 0.15) is 0 Å². The van der Waals surface area contributed by atoms with Crippen LogP contribution in [0.25, 0.3) is 93.6 Å². The van der Waals surface area contributed by atoms with Gasteiger partial charge >= 0.3 is 0 Å². The molecule has 0 amide bonds. The van der Waals surface area contributed by atoms with E-state index in [1.165, 1.54) is 27.2 Å². The molecule has 0 aliphatic rings. The maximum absolute atomic E-state index is 10.2. The van der Waals surface area contributed by atoms with Gasteiger partial charge in [-0.1, -0.05) is 109 Å². The van der Waals surface area contributed by atoms with Crippen molar-refractivity contribution >= 4 is 65.4 Å². The number of para-hydroxylation sites is 5. The molecule has 5 nitrogen and oxygen atoms in total. The molecule has 0 atom stereocenters. The van der Waals surface area contributed by atoms with E-state index in [1.807, 2.05) is 36.4 Å². The van der Waals surface area contributed by atoms with Crippen LogP contribution in [-0.2, 0) is 0 Å². The third-order valence-corrected chi connectivity index (χ3v) is 11.1. The van der Waals surface area contributed by atoms with Gasteiger partial charge in [0.05, 0.1) is 73.4 Å². The highest BCUT2D eigenvalue weighted by molar-refractivity contribution is 6.17. The van der Waals surface area contributed by atoms with E-state index in [0.29, 0.717) is 11.1 Å². The Balaban J connectivity index is 1.23. The van der Waals surface area contributed by atoms with Crippen molar-refractivity contribution in [2.75, 3.05) is 0 Å². The van der Waals surface area contributed by atoms with Gasteiger partial charge in [-0.25, -0.2) is 0 Å². The molecule has 0 unspecified atom stereocenters. The molecule has 0 fully saturated rings. The summed E-state index contributed by atoms with van der Waals surface area (Å²) < 4.78 is 7.01. The number of aromatic nitrogens is 3. The molecule has 0 saturated heterocycles. The molecule has 0 spiro atoms. The van der Waals surface area contributed by atoms with Gasteiger partial charge in [-0.3, -0.25) is 0 Å². The van der Waals surface area contributed by atoms with Crippen molar-refractivity contribution < 1.29 is 0 Å². The predicted octanol–water partition coefficient (Wildman–Crippen LogP) is 12.4. The van der Waals surface area contributed by atoms with Gasteiger partial charge in [0.15, 0.2) is 0 Å². The van der Waals surface area contributed by atoms with Crippen molar-refractivity contribution in [3.8, 4) is 40.3 Å². The second-order valence-electron chi connectivity index (χ2n) is 13.9. The van der Waals surface area contributed by atoms with Crippen molar-refractivity contribution in [3.63, 3.8) is 0 Å². The first-order valence-electron chi connectivity index (χ1n) is 18.3. The summed E-state index contributed by atoms with van der Waals surface area (Å²) in [5.41, 5.74) is 12.6. The molecule has 3 aromatic heterocycles. The van der Waals surface area contributed by atoms with E-state index in [9.17, 15) is 10.5 Å². The Bertz CT molecular complexity index is 3420. The van der Waals surface area contributed by atoms with Crippen LogP contribution in [0, 0.1) is 22.7 Å². The lowest BCUT2D eigenvalue weighted by molar-refractivity contribution is 1.15. The summed E-state index contributed by atoms with van der Waals surface area (Å²) in [5, 5.41) is 27.1. The van der Waals surface area contributed by atoms with Gasteiger partial charge < -0.3 is 13.7 Å². The average molecular weight is 700 g/mol. The summed E-state index contributed by atoms with van der Waals surface area (Å²) in [6.45, 7) is 0. The maximum Gasteiger partial charge on any atom is 0.0998 e. The standard InChI is InChI=1S/C50H29N5/c51-30-32-27-28-37(48(29-32)55-43-22-9-4-17-38(43)49-33(31-52)13-11-24-45(49)55)36-16-3-8-21-42(36)54-44-23-10-5-18-39(44)50-46(25-12-26-47(50)54)53-40-19-6-1-14-34(40)35-15-2-7-20-41(35)53/h1-29H. The third-order valence-electron chi connectivity index (χ3n) is 11.1. The number of nitrogens with zero attached hydrogens (tertiary/aromatic N) is 5. The molecule has 254 valence electrons. The molecular weight excluding hydrogens is 671 g/mol. The second-order valence-corrected chi connectivity index (χ2v) is 13.9. The first kappa shape index (κ1) is 30.7. The highest BCUT2D eigenvalue weighted by Crippen LogP contribution is 2.43. The zero-order valence-corrected chi connectivity index (χ0v) is 29.5. The lowest BCUT2D eigenvalue weighted by Crippen LogP contribution is -2.02. The number of hydrogen-bond donors (Lipinski definition) is 0. The molecule has 11 rings (SSSR count). The molecule has 8 aromatic carbocycles. The van der Waals surface area contributed by atoms with E-state index >= 15 is 0 Å². The molecule has 0 saturated carbocycles. The summed E-state index contributed by atoms with van der Waals surface area (Å²) in [6, 6.07) is 66.0. The monoisotopic (exact) mass is 699 g/mol. The van der Waals surface area contributed by atoms with Crippen LogP contribution in [0.15, 0.2) is 176 Å². The molecule has 0 aliphatic carbocycles. The van der Waals surface area contributed by atoms with E-state index in [0.717, 1.165) is 66.4 Å². The zero-order chi connectivity index (χ0) is 36.6. The van der Waals surface area contributed by atoms with Gasteiger partial charge in [0, 0.05) is 43.4 Å². The van der Waals surface area contributed by atoms with Crippen LogP contribution in [0.1, 0.15) is 11.1 Å². The average Bonchev–Trinajstić information content (AvgIpc) is 3.89. The second kappa shape index (κ2) is 11.8. The number of nitriles is 2. The Hall–Kier alpha value is -7.86. The van der Waals surface area contributed by atoms with E-state index in [1.54, 1.807) is 0 Å². The Kier molecular flexibility index (Phi) is 6.61. The highest BCUT2D eigenvalue weighted by atomic mass is 15.0. The van der Waals surface area contributed by atoms with E-state index < -0.39 is 0 Å². The van der Waals surface area contributed by atoms with Crippen LogP contribution >= 0.6 is 0 Å². The number of rotatable bonds is 4. The van der Waals surface area contributed by atoms with Crippen LogP contribution < -0.4 is 0 Å². The van der Waals surface area contributed by atoms with Crippen molar-refractivity contribution in [1.29, 1.82) is 10.5 Å². The van der Waals surface area contributed by atoms with Crippen molar-refractivity contribution in [1.82, 2.24) is 13.7 Å². The Morgan fingerprint density at radius 1 is 0.327 bits per heavy atom. The van der Waals surface area contributed by atoms with Crippen molar-refractivity contribution in [2.24, 2.45) is 0 Å². The van der Waals surface area contributed by atoms with E-state index in [4.69, 9.17) is 0 Å². The summed E-state index contributed by atoms with van der Waals surface area (Å²) in [6.07, 6.45) is 0. The first-order chi connectivity index (χ1) is 27.2. The van der Waals surface area contributed by atoms with E-state index in [2.05, 4.69) is 165 Å². The third kappa shape index (κ3) is 4.33. The Labute approximate surface area is 316 Å². The van der Waals surface area contributed by atoms with Crippen LogP contribution in [0.3, 0.4) is 0 Å².